The number of hydrogen-bond donors (Lipinski definition) is 0. The highest BCUT2D eigenvalue weighted by molar-refractivity contribution is 6.28. The van der Waals surface area contributed by atoms with Crippen LogP contribution in [-0.4, -0.2) is 43.0 Å². The Labute approximate surface area is 253 Å². The lowest BCUT2D eigenvalue weighted by Crippen LogP contribution is -2.17. The third-order valence-electron chi connectivity index (χ3n) is 5.59. The Morgan fingerprint density at radius 2 is 1.21 bits per heavy atom. The molecule has 0 spiro atoms. The van der Waals surface area contributed by atoms with Crippen LogP contribution >= 0.6 is 23.2 Å². The highest BCUT2D eigenvalue weighted by atomic mass is 35.5. The second-order valence-electron chi connectivity index (χ2n) is 11.2. The van der Waals surface area contributed by atoms with Gasteiger partial charge < -0.3 is 18.9 Å². The minimum Gasteiger partial charge on any atom is -0.482 e. The summed E-state index contributed by atoms with van der Waals surface area (Å²) in [6.45, 7) is 11.7. The molecule has 4 aromatic rings. The van der Waals surface area contributed by atoms with E-state index in [2.05, 4.69) is 29.9 Å². The zero-order valence-electron chi connectivity index (χ0n) is 24.2. The zero-order chi connectivity index (χ0) is 30.7. The zero-order valence-corrected chi connectivity index (χ0v) is 25.7. The van der Waals surface area contributed by atoms with E-state index in [1.165, 1.54) is 19.2 Å². The maximum atomic E-state index is 12.7. The topological polar surface area (TPSA) is 131 Å². The van der Waals surface area contributed by atoms with Crippen molar-refractivity contribution in [1.82, 2.24) is 29.9 Å². The monoisotopic (exact) mass is 612 g/mol. The van der Waals surface area contributed by atoms with Crippen molar-refractivity contribution in [2.24, 2.45) is 0 Å². The summed E-state index contributed by atoms with van der Waals surface area (Å²) in [7, 11) is 1.26. The minimum absolute atomic E-state index is 0.0437. The van der Waals surface area contributed by atoms with Gasteiger partial charge in [-0.1, -0.05) is 71.9 Å². The van der Waals surface area contributed by atoms with E-state index in [-0.39, 0.29) is 52.0 Å². The Morgan fingerprint density at radius 1 is 0.738 bits per heavy atom. The molecule has 0 radical (unpaired) electrons. The van der Waals surface area contributed by atoms with Crippen molar-refractivity contribution in [3.63, 3.8) is 0 Å². The summed E-state index contributed by atoms with van der Waals surface area (Å²) >= 11 is 12.4. The molecule has 0 aliphatic carbocycles. The van der Waals surface area contributed by atoms with E-state index in [1.807, 2.05) is 71.9 Å². The molecule has 220 valence electrons. The quantitative estimate of drug-likeness (QED) is 0.192. The van der Waals surface area contributed by atoms with Crippen LogP contribution in [0.3, 0.4) is 0 Å². The van der Waals surface area contributed by atoms with Gasteiger partial charge in [0.2, 0.25) is 16.3 Å². The van der Waals surface area contributed by atoms with Gasteiger partial charge in [0.1, 0.15) is 18.3 Å². The summed E-state index contributed by atoms with van der Waals surface area (Å²) in [6, 6.07) is 12.1. The third kappa shape index (κ3) is 7.80. The molecule has 0 unspecified atom stereocenters. The fraction of sp³-hybridized carbons (Fsp3) is 0.345. The lowest BCUT2D eigenvalue weighted by molar-refractivity contribution is 0.0599. The maximum absolute atomic E-state index is 12.7. The number of halogens is 2. The average Bonchev–Trinajstić information content (AvgIpc) is 2.91. The number of esters is 1. The molecular weight excluding hydrogens is 583 g/mol. The normalized spacial score (nSPS) is 11.6. The van der Waals surface area contributed by atoms with Crippen LogP contribution < -0.4 is 14.2 Å². The number of aromatic nitrogens is 6. The summed E-state index contributed by atoms with van der Waals surface area (Å²) in [5.74, 6) is 0.338. The van der Waals surface area contributed by atoms with Crippen molar-refractivity contribution in [3.05, 3.63) is 75.8 Å². The van der Waals surface area contributed by atoms with Gasteiger partial charge in [0.25, 0.3) is 0 Å². The molecule has 2 heterocycles. The number of hydrogen-bond acceptors (Lipinski definition) is 11. The van der Waals surface area contributed by atoms with Crippen molar-refractivity contribution in [1.29, 1.82) is 0 Å². The molecule has 0 fully saturated rings. The number of benzene rings is 2. The molecule has 0 aliphatic rings. The van der Waals surface area contributed by atoms with Gasteiger partial charge in [-0.25, -0.2) is 14.8 Å². The van der Waals surface area contributed by atoms with E-state index in [1.54, 1.807) is 0 Å². The molecule has 42 heavy (non-hydrogen) atoms. The third-order valence-corrected chi connectivity index (χ3v) is 5.93. The van der Waals surface area contributed by atoms with Crippen LogP contribution in [0.4, 0.5) is 0 Å². The Bertz CT molecular complexity index is 1500. The van der Waals surface area contributed by atoms with Gasteiger partial charge in [0.15, 0.2) is 11.5 Å². The minimum atomic E-state index is -0.660. The van der Waals surface area contributed by atoms with Gasteiger partial charge in [0, 0.05) is 10.8 Å². The number of carbonyl (C=O) groups excluding carboxylic acids is 1. The summed E-state index contributed by atoms with van der Waals surface area (Å²) in [5, 5.41) is -0.126. The predicted molar refractivity (Wildman–Crippen MR) is 156 cm³/mol. The number of rotatable bonds is 8. The van der Waals surface area contributed by atoms with Gasteiger partial charge in [-0.3, -0.25) is 0 Å². The van der Waals surface area contributed by atoms with Crippen LogP contribution in [-0.2, 0) is 22.2 Å². The fourth-order valence-electron chi connectivity index (χ4n) is 3.46. The lowest BCUT2D eigenvalue weighted by atomic mass is 9.96. The van der Waals surface area contributed by atoms with Crippen LogP contribution in [0.2, 0.25) is 10.6 Å². The van der Waals surface area contributed by atoms with E-state index < -0.39 is 16.8 Å². The molecule has 0 bridgehead atoms. The molecule has 0 aliphatic heterocycles. The number of carbonyl (C=O) groups is 1. The summed E-state index contributed by atoms with van der Waals surface area (Å²) in [6.07, 6.45) is 0. The molecule has 0 amide bonds. The van der Waals surface area contributed by atoms with Crippen molar-refractivity contribution >= 4 is 29.2 Å². The number of ether oxygens (including phenoxy) is 4. The smallest absolute Gasteiger partial charge is 0.338 e. The van der Waals surface area contributed by atoms with Gasteiger partial charge in [0.05, 0.1) is 12.7 Å². The first-order valence-electron chi connectivity index (χ1n) is 12.9. The van der Waals surface area contributed by atoms with E-state index in [9.17, 15) is 4.79 Å². The molecule has 13 heteroatoms. The van der Waals surface area contributed by atoms with E-state index in [0.29, 0.717) is 11.6 Å². The molecule has 0 saturated carbocycles. The highest BCUT2D eigenvalue weighted by Crippen LogP contribution is 2.43. The summed E-state index contributed by atoms with van der Waals surface area (Å²) in [5.41, 5.74) is 0.0366. The highest BCUT2D eigenvalue weighted by Gasteiger charge is 2.26. The van der Waals surface area contributed by atoms with Crippen molar-refractivity contribution < 1.29 is 23.7 Å². The SMILES string of the molecule is COC(=O)c1cc(Oc2nc(Cl)nc(C(C)(C)C)n2)c(OCc2ccccc2)c(Oc2nc(Cl)nc(C(C)(C)C)n2)c1. The van der Waals surface area contributed by atoms with Crippen molar-refractivity contribution in [3.8, 4) is 29.3 Å². The molecule has 11 nitrogen and oxygen atoms in total. The Hall–Kier alpha value is -4.09. The van der Waals surface area contributed by atoms with Gasteiger partial charge in [-0.05, 0) is 40.9 Å². The van der Waals surface area contributed by atoms with Crippen molar-refractivity contribution in [2.75, 3.05) is 7.11 Å². The summed E-state index contributed by atoms with van der Waals surface area (Å²) in [4.78, 5) is 38.2. The molecule has 0 atom stereocenters. The standard InChI is InChI=1S/C29H30Cl2N6O5/c1-28(2,3)22-32-24(30)36-26(34-22)41-18-13-17(21(38)39-7)14-19(20(18)40-15-16-11-9-8-10-12-16)42-27-35-23(29(4,5)6)33-25(31)37-27/h8-14H,15H2,1-7H3. The Kier molecular flexibility index (Phi) is 9.12. The van der Waals surface area contributed by atoms with Crippen LogP contribution in [0.5, 0.6) is 29.3 Å². The second kappa shape index (κ2) is 12.4. The fourth-order valence-corrected chi connectivity index (χ4v) is 3.76. The largest absolute Gasteiger partial charge is 0.482 e. The van der Waals surface area contributed by atoms with E-state index in [4.69, 9.17) is 42.1 Å². The Balaban J connectivity index is 1.87. The first kappa shape index (κ1) is 30.9. The van der Waals surface area contributed by atoms with Gasteiger partial charge in [-0.15, -0.1) is 0 Å². The van der Waals surface area contributed by atoms with Gasteiger partial charge in [-0.2, -0.15) is 19.9 Å². The van der Waals surface area contributed by atoms with Crippen LogP contribution in [0, 0.1) is 0 Å². The Morgan fingerprint density at radius 3 is 1.64 bits per heavy atom. The first-order valence-corrected chi connectivity index (χ1v) is 13.6. The first-order chi connectivity index (χ1) is 19.7. The maximum Gasteiger partial charge on any atom is 0.338 e. The van der Waals surface area contributed by atoms with Gasteiger partial charge >= 0.3 is 18.0 Å². The number of nitrogens with zero attached hydrogens (tertiary/aromatic N) is 6. The lowest BCUT2D eigenvalue weighted by Gasteiger charge is -2.20. The predicted octanol–water partition coefficient (Wildman–Crippen LogP) is 6.91. The molecule has 0 N–H and O–H groups in total. The average molecular weight is 614 g/mol. The second-order valence-corrected chi connectivity index (χ2v) is 11.9. The summed E-state index contributed by atoms with van der Waals surface area (Å²) < 4.78 is 23.4. The van der Waals surface area contributed by atoms with E-state index >= 15 is 0 Å². The van der Waals surface area contributed by atoms with Crippen LogP contribution in [0.25, 0.3) is 0 Å². The molecule has 2 aromatic heterocycles. The van der Waals surface area contributed by atoms with Crippen LogP contribution in [0.15, 0.2) is 42.5 Å². The molecule has 2 aromatic carbocycles. The van der Waals surface area contributed by atoms with Crippen LogP contribution in [0.1, 0.15) is 69.1 Å². The number of methoxy groups -OCH3 is 1. The molecular formula is C29H30Cl2N6O5. The molecule has 0 saturated heterocycles. The van der Waals surface area contributed by atoms with E-state index in [0.717, 1.165) is 5.56 Å². The van der Waals surface area contributed by atoms with Crippen molar-refractivity contribution in [2.45, 2.75) is 59.0 Å². The molecule has 4 rings (SSSR count).